The molecule has 0 aromatic carbocycles. The van der Waals surface area contributed by atoms with Crippen molar-refractivity contribution in [2.24, 2.45) is 24.1 Å². The molecule has 1 amide bonds. The molecule has 0 radical (unpaired) electrons. The van der Waals surface area contributed by atoms with Gasteiger partial charge in [-0.1, -0.05) is 19.1 Å². The van der Waals surface area contributed by atoms with Gasteiger partial charge in [-0.15, -0.1) is 10.2 Å². The first-order valence-corrected chi connectivity index (χ1v) is 6.27. The number of hydrogen-bond donors (Lipinski definition) is 2. The van der Waals surface area contributed by atoms with E-state index in [2.05, 4.69) is 22.4 Å². The van der Waals surface area contributed by atoms with Crippen molar-refractivity contribution in [1.29, 1.82) is 0 Å². The lowest BCUT2D eigenvalue weighted by Gasteiger charge is -2.44. The maximum absolute atomic E-state index is 12.2. The highest BCUT2D eigenvalue weighted by atomic mass is 32.1. The van der Waals surface area contributed by atoms with Crippen molar-refractivity contribution in [3.63, 3.8) is 0 Å². The zero-order valence-corrected chi connectivity index (χ0v) is 11.3. The molecule has 1 aromatic heterocycles. The molecule has 1 saturated carbocycles. The van der Waals surface area contributed by atoms with Gasteiger partial charge in [0.25, 0.3) is 0 Å². The highest BCUT2D eigenvalue weighted by Crippen LogP contribution is 2.45. The molecule has 0 aliphatic heterocycles. The van der Waals surface area contributed by atoms with E-state index in [1.165, 1.54) is 0 Å². The number of aryl methyl sites for hydroxylation is 1. The summed E-state index contributed by atoms with van der Waals surface area (Å²) in [7, 11) is 1.83. The SMILES string of the molecule is CC1CC(C(=O)NCc2nncn2C)(C(N)=S)C1. The lowest BCUT2D eigenvalue weighted by Crippen LogP contribution is -2.55. The number of carbonyl (C=O) groups excluding carboxylic acids is 1. The molecule has 1 heterocycles. The Labute approximate surface area is 111 Å². The fourth-order valence-corrected chi connectivity index (χ4v) is 2.68. The minimum atomic E-state index is -0.659. The molecule has 0 unspecified atom stereocenters. The minimum absolute atomic E-state index is 0.101. The second-order valence-electron chi connectivity index (χ2n) is 5.00. The smallest absolute Gasteiger partial charge is 0.233 e. The average molecular weight is 267 g/mol. The molecule has 0 saturated heterocycles. The summed E-state index contributed by atoms with van der Waals surface area (Å²) in [4.78, 5) is 12.5. The number of nitrogens with two attached hydrogens (primary N) is 1. The molecule has 98 valence electrons. The van der Waals surface area contributed by atoms with E-state index in [0.29, 0.717) is 18.3 Å². The van der Waals surface area contributed by atoms with Crippen LogP contribution in [0, 0.1) is 11.3 Å². The molecule has 0 spiro atoms. The van der Waals surface area contributed by atoms with Crippen LogP contribution in [-0.2, 0) is 18.4 Å². The van der Waals surface area contributed by atoms with Crippen molar-refractivity contribution in [3.05, 3.63) is 12.2 Å². The van der Waals surface area contributed by atoms with Gasteiger partial charge in [0, 0.05) is 7.05 Å². The Balaban J connectivity index is 1.99. The maximum atomic E-state index is 12.2. The normalized spacial score (nSPS) is 26.4. The third-order valence-electron chi connectivity index (χ3n) is 3.51. The standard InChI is InChI=1S/C11H17N5OS/c1-7-3-11(4-7,9(12)18)10(17)13-5-8-15-14-6-16(8)2/h6-7H,3-5H2,1-2H3,(H2,12,18)(H,13,17). The molecule has 0 atom stereocenters. The van der Waals surface area contributed by atoms with Crippen LogP contribution in [0.3, 0.4) is 0 Å². The van der Waals surface area contributed by atoms with Gasteiger partial charge in [-0.25, -0.2) is 0 Å². The first-order valence-electron chi connectivity index (χ1n) is 5.87. The highest BCUT2D eigenvalue weighted by Gasteiger charge is 2.50. The monoisotopic (exact) mass is 267 g/mol. The van der Waals surface area contributed by atoms with E-state index in [-0.39, 0.29) is 10.9 Å². The van der Waals surface area contributed by atoms with Gasteiger partial charge in [-0.2, -0.15) is 0 Å². The Kier molecular flexibility index (Phi) is 3.34. The van der Waals surface area contributed by atoms with Crippen LogP contribution in [-0.4, -0.2) is 25.7 Å². The van der Waals surface area contributed by atoms with E-state index in [4.69, 9.17) is 18.0 Å². The summed E-state index contributed by atoms with van der Waals surface area (Å²) in [6.07, 6.45) is 3.05. The first-order chi connectivity index (χ1) is 8.45. The predicted molar refractivity (Wildman–Crippen MR) is 70.5 cm³/mol. The first kappa shape index (κ1) is 12.9. The van der Waals surface area contributed by atoms with Crippen molar-refractivity contribution in [3.8, 4) is 0 Å². The van der Waals surface area contributed by atoms with Gasteiger partial charge < -0.3 is 15.6 Å². The average Bonchev–Trinajstić information content (AvgIpc) is 2.66. The van der Waals surface area contributed by atoms with Crippen LogP contribution in [0.15, 0.2) is 6.33 Å². The van der Waals surface area contributed by atoms with Crippen LogP contribution < -0.4 is 11.1 Å². The summed E-state index contributed by atoms with van der Waals surface area (Å²) in [5.41, 5.74) is 5.05. The summed E-state index contributed by atoms with van der Waals surface area (Å²) < 4.78 is 1.76. The van der Waals surface area contributed by atoms with Crippen LogP contribution in [0.4, 0.5) is 0 Å². The van der Waals surface area contributed by atoms with E-state index >= 15 is 0 Å². The number of nitrogens with zero attached hydrogens (tertiary/aromatic N) is 3. The molecule has 1 aliphatic rings. The van der Waals surface area contributed by atoms with Crippen LogP contribution in [0.1, 0.15) is 25.6 Å². The van der Waals surface area contributed by atoms with Crippen molar-refractivity contribution in [2.75, 3.05) is 0 Å². The second-order valence-corrected chi connectivity index (χ2v) is 5.44. The molecule has 3 N–H and O–H groups in total. The van der Waals surface area contributed by atoms with Crippen molar-refractivity contribution in [2.45, 2.75) is 26.3 Å². The van der Waals surface area contributed by atoms with Crippen LogP contribution >= 0.6 is 12.2 Å². The molecule has 2 rings (SSSR count). The van der Waals surface area contributed by atoms with E-state index in [0.717, 1.165) is 12.8 Å². The quantitative estimate of drug-likeness (QED) is 0.758. The van der Waals surface area contributed by atoms with Crippen molar-refractivity contribution < 1.29 is 4.79 Å². The minimum Gasteiger partial charge on any atom is -0.392 e. The molecular weight excluding hydrogens is 250 g/mol. The Hall–Kier alpha value is -1.50. The van der Waals surface area contributed by atoms with E-state index in [1.54, 1.807) is 10.9 Å². The van der Waals surface area contributed by atoms with Gasteiger partial charge in [-0.3, -0.25) is 4.79 Å². The molecule has 1 fully saturated rings. The Morgan fingerprint density at radius 3 is 2.83 bits per heavy atom. The second kappa shape index (κ2) is 4.64. The number of carbonyl (C=O) groups is 1. The number of nitrogens with one attached hydrogen (secondary N) is 1. The fraction of sp³-hybridized carbons (Fsp3) is 0.636. The van der Waals surface area contributed by atoms with E-state index in [1.807, 2.05) is 7.05 Å². The van der Waals surface area contributed by atoms with Crippen LogP contribution in [0.25, 0.3) is 0 Å². The van der Waals surface area contributed by atoms with Gasteiger partial charge >= 0.3 is 0 Å². The maximum Gasteiger partial charge on any atom is 0.233 e. The zero-order chi connectivity index (χ0) is 13.3. The third kappa shape index (κ3) is 2.10. The van der Waals surface area contributed by atoms with Gasteiger partial charge in [0.05, 0.1) is 16.9 Å². The summed E-state index contributed by atoms with van der Waals surface area (Å²) in [6, 6.07) is 0. The zero-order valence-electron chi connectivity index (χ0n) is 10.5. The van der Waals surface area contributed by atoms with Crippen molar-refractivity contribution >= 4 is 23.1 Å². The highest BCUT2D eigenvalue weighted by molar-refractivity contribution is 7.80. The van der Waals surface area contributed by atoms with Crippen LogP contribution in [0.2, 0.25) is 0 Å². The van der Waals surface area contributed by atoms with Gasteiger partial charge in [0.15, 0.2) is 5.82 Å². The van der Waals surface area contributed by atoms with E-state index < -0.39 is 5.41 Å². The summed E-state index contributed by atoms with van der Waals surface area (Å²) in [6.45, 7) is 2.43. The number of rotatable bonds is 4. The van der Waals surface area contributed by atoms with E-state index in [9.17, 15) is 4.79 Å². The molecule has 6 nitrogen and oxygen atoms in total. The number of aromatic nitrogens is 3. The Morgan fingerprint density at radius 1 is 1.72 bits per heavy atom. The Bertz CT molecular complexity index is 478. The van der Waals surface area contributed by atoms with Gasteiger partial charge in [0.1, 0.15) is 6.33 Å². The van der Waals surface area contributed by atoms with Gasteiger partial charge in [0.2, 0.25) is 5.91 Å². The predicted octanol–water partition coefficient (Wildman–Crippen LogP) is 0.134. The molecule has 7 heteroatoms. The topological polar surface area (TPSA) is 85.8 Å². The molecule has 1 aliphatic carbocycles. The number of hydrogen-bond acceptors (Lipinski definition) is 4. The largest absolute Gasteiger partial charge is 0.392 e. The lowest BCUT2D eigenvalue weighted by atomic mass is 9.62. The summed E-state index contributed by atoms with van der Waals surface area (Å²) in [5, 5.41) is 10.5. The third-order valence-corrected chi connectivity index (χ3v) is 3.90. The number of thiocarbonyl (C=S) groups is 1. The molecule has 1 aromatic rings. The van der Waals surface area contributed by atoms with Crippen molar-refractivity contribution in [1.82, 2.24) is 20.1 Å². The lowest BCUT2D eigenvalue weighted by molar-refractivity contribution is -0.133. The summed E-state index contributed by atoms with van der Waals surface area (Å²) in [5.74, 6) is 1.09. The van der Waals surface area contributed by atoms with Crippen LogP contribution in [0.5, 0.6) is 0 Å². The molecule has 0 bridgehead atoms. The molecular formula is C11H17N5OS. The number of amides is 1. The Morgan fingerprint density at radius 2 is 2.39 bits per heavy atom. The fourth-order valence-electron chi connectivity index (χ4n) is 2.42. The summed E-state index contributed by atoms with van der Waals surface area (Å²) >= 11 is 5.03. The molecule has 18 heavy (non-hydrogen) atoms. The van der Waals surface area contributed by atoms with Gasteiger partial charge in [-0.05, 0) is 18.8 Å².